The van der Waals surface area contributed by atoms with Gasteiger partial charge in [0.1, 0.15) is 0 Å². The fourth-order valence-electron chi connectivity index (χ4n) is 3.59. The molecule has 3 fully saturated rings. The summed E-state index contributed by atoms with van der Waals surface area (Å²) in [7, 11) is 1.96. The molecule has 0 aromatic heterocycles. The van der Waals surface area contributed by atoms with Crippen molar-refractivity contribution >= 4 is 6.03 Å². The van der Waals surface area contributed by atoms with Gasteiger partial charge in [-0.3, -0.25) is 0 Å². The number of carbonyl (C=O) groups excluding carboxylic acids is 1. The molecule has 3 aliphatic rings. The molecular formula is C14H24N2O3. The van der Waals surface area contributed by atoms with Crippen molar-refractivity contribution in [2.45, 2.75) is 43.7 Å². The summed E-state index contributed by atoms with van der Waals surface area (Å²) in [6.07, 6.45) is 5.70. The van der Waals surface area contributed by atoms with Crippen LogP contribution in [0, 0.1) is 0 Å². The highest BCUT2D eigenvalue weighted by Crippen LogP contribution is 2.31. The van der Waals surface area contributed by atoms with E-state index in [1.165, 1.54) is 12.8 Å². The fraction of sp³-hybridized carbons (Fsp3) is 0.929. The average Bonchev–Trinajstić information content (AvgIpc) is 3.10. The smallest absolute Gasteiger partial charge is 0.320 e. The van der Waals surface area contributed by atoms with E-state index in [9.17, 15) is 4.79 Å². The van der Waals surface area contributed by atoms with Crippen LogP contribution < -0.4 is 0 Å². The van der Waals surface area contributed by atoms with Crippen molar-refractivity contribution in [3.63, 3.8) is 0 Å². The zero-order valence-electron chi connectivity index (χ0n) is 11.8. The summed E-state index contributed by atoms with van der Waals surface area (Å²) in [5.41, 5.74) is -0.206. The van der Waals surface area contributed by atoms with Crippen LogP contribution in [0.15, 0.2) is 0 Å². The van der Waals surface area contributed by atoms with Crippen LogP contribution in [0.3, 0.4) is 0 Å². The fourth-order valence-corrected chi connectivity index (χ4v) is 3.59. The van der Waals surface area contributed by atoms with Crippen molar-refractivity contribution in [2.24, 2.45) is 0 Å². The summed E-state index contributed by atoms with van der Waals surface area (Å²) < 4.78 is 11.1. The van der Waals surface area contributed by atoms with Gasteiger partial charge in [0.2, 0.25) is 0 Å². The van der Waals surface area contributed by atoms with E-state index in [1.54, 1.807) is 0 Å². The Labute approximate surface area is 114 Å². The van der Waals surface area contributed by atoms with E-state index in [-0.39, 0.29) is 11.6 Å². The van der Waals surface area contributed by atoms with Gasteiger partial charge in [0.05, 0.1) is 25.4 Å². The predicted molar refractivity (Wildman–Crippen MR) is 71.1 cm³/mol. The minimum absolute atomic E-state index is 0.167. The van der Waals surface area contributed by atoms with Gasteiger partial charge in [-0.2, -0.15) is 0 Å². The van der Waals surface area contributed by atoms with E-state index in [1.807, 2.05) is 16.8 Å². The van der Waals surface area contributed by atoms with Crippen LogP contribution in [0.1, 0.15) is 32.1 Å². The number of hydrogen-bond donors (Lipinski definition) is 0. The number of hydrogen-bond acceptors (Lipinski definition) is 3. The maximum atomic E-state index is 12.8. The lowest BCUT2D eigenvalue weighted by Gasteiger charge is -2.45. The van der Waals surface area contributed by atoms with Gasteiger partial charge in [0, 0.05) is 26.2 Å². The van der Waals surface area contributed by atoms with Gasteiger partial charge in [0.25, 0.3) is 0 Å². The Kier molecular flexibility index (Phi) is 3.67. The minimum atomic E-state index is -0.206. The molecule has 0 bridgehead atoms. The van der Waals surface area contributed by atoms with Crippen LogP contribution in [-0.4, -0.2) is 67.4 Å². The Hall–Kier alpha value is -0.810. The highest BCUT2D eigenvalue weighted by atomic mass is 16.5. The van der Waals surface area contributed by atoms with E-state index in [4.69, 9.17) is 9.47 Å². The summed E-state index contributed by atoms with van der Waals surface area (Å²) in [5, 5.41) is 0. The zero-order chi connectivity index (χ0) is 13.3. The van der Waals surface area contributed by atoms with Gasteiger partial charge >= 0.3 is 6.03 Å². The van der Waals surface area contributed by atoms with E-state index in [0.29, 0.717) is 32.4 Å². The SMILES string of the molecule is CN(C(=O)N1CCOCC12CCOC2)C1CCCC1. The third kappa shape index (κ3) is 2.34. The first-order valence-electron chi connectivity index (χ1n) is 7.43. The minimum Gasteiger partial charge on any atom is -0.379 e. The second-order valence-electron chi connectivity index (χ2n) is 6.06. The molecule has 1 aliphatic carbocycles. The lowest BCUT2D eigenvalue weighted by atomic mass is 9.96. The molecule has 5 nitrogen and oxygen atoms in total. The summed E-state index contributed by atoms with van der Waals surface area (Å²) in [6, 6.07) is 0.593. The largest absolute Gasteiger partial charge is 0.379 e. The lowest BCUT2D eigenvalue weighted by molar-refractivity contribution is -0.0548. The first-order valence-corrected chi connectivity index (χ1v) is 7.43. The van der Waals surface area contributed by atoms with Gasteiger partial charge in [-0.1, -0.05) is 12.8 Å². The molecule has 2 aliphatic heterocycles. The first kappa shape index (κ1) is 13.2. The molecule has 19 heavy (non-hydrogen) atoms. The molecule has 0 N–H and O–H groups in total. The van der Waals surface area contributed by atoms with Gasteiger partial charge < -0.3 is 19.3 Å². The van der Waals surface area contributed by atoms with E-state index >= 15 is 0 Å². The monoisotopic (exact) mass is 268 g/mol. The molecule has 2 saturated heterocycles. The van der Waals surface area contributed by atoms with Crippen LogP contribution in [0.25, 0.3) is 0 Å². The molecule has 5 heteroatoms. The van der Waals surface area contributed by atoms with Crippen molar-refractivity contribution in [3.8, 4) is 0 Å². The molecular weight excluding hydrogens is 244 g/mol. The first-order chi connectivity index (χ1) is 9.23. The number of ether oxygens (including phenoxy) is 2. The molecule has 3 rings (SSSR count). The Morgan fingerprint density at radius 3 is 2.58 bits per heavy atom. The van der Waals surface area contributed by atoms with Crippen molar-refractivity contribution in [1.29, 1.82) is 0 Å². The van der Waals surface area contributed by atoms with Crippen LogP contribution in [0.4, 0.5) is 4.79 Å². The number of rotatable bonds is 1. The Bertz CT molecular complexity index is 336. The zero-order valence-corrected chi connectivity index (χ0v) is 11.8. The molecule has 1 atom stereocenters. The third-order valence-corrected chi connectivity index (χ3v) is 4.89. The van der Waals surface area contributed by atoms with Gasteiger partial charge in [-0.05, 0) is 19.3 Å². The number of amides is 2. The molecule has 1 saturated carbocycles. The van der Waals surface area contributed by atoms with Crippen LogP contribution in [0.5, 0.6) is 0 Å². The predicted octanol–water partition coefficient (Wildman–Crippen LogP) is 1.47. The molecule has 1 spiro atoms. The number of nitrogens with zero attached hydrogens (tertiary/aromatic N) is 2. The van der Waals surface area contributed by atoms with Crippen LogP contribution in [-0.2, 0) is 9.47 Å². The molecule has 0 aromatic rings. The summed E-state index contributed by atoms with van der Waals surface area (Å²) in [6.45, 7) is 3.32. The van der Waals surface area contributed by atoms with Crippen LogP contribution in [0.2, 0.25) is 0 Å². The number of urea groups is 1. The Morgan fingerprint density at radius 1 is 1.21 bits per heavy atom. The van der Waals surface area contributed by atoms with Crippen molar-refractivity contribution in [3.05, 3.63) is 0 Å². The second kappa shape index (κ2) is 5.29. The molecule has 2 heterocycles. The summed E-state index contributed by atoms with van der Waals surface area (Å²) in [5.74, 6) is 0. The van der Waals surface area contributed by atoms with E-state index in [0.717, 1.165) is 25.9 Å². The van der Waals surface area contributed by atoms with Crippen molar-refractivity contribution < 1.29 is 14.3 Å². The molecule has 1 unspecified atom stereocenters. The maximum absolute atomic E-state index is 12.8. The van der Waals surface area contributed by atoms with E-state index < -0.39 is 0 Å². The molecule has 0 aromatic carbocycles. The second-order valence-corrected chi connectivity index (χ2v) is 6.06. The normalized spacial score (nSPS) is 32.2. The van der Waals surface area contributed by atoms with Gasteiger partial charge in [0.15, 0.2) is 0 Å². The van der Waals surface area contributed by atoms with Gasteiger partial charge in [-0.25, -0.2) is 4.79 Å². The molecule has 2 amide bonds. The highest BCUT2D eigenvalue weighted by Gasteiger charge is 2.46. The van der Waals surface area contributed by atoms with Gasteiger partial charge in [-0.15, -0.1) is 0 Å². The van der Waals surface area contributed by atoms with E-state index in [2.05, 4.69) is 0 Å². The Morgan fingerprint density at radius 2 is 1.89 bits per heavy atom. The highest BCUT2D eigenvalue weighted by molar-refractivity contribution is 5.75. The number of carbonyl (C=O) groups is 1. The lowest BCUT2D eigenvalue weighted by Crippen LogP contribution is -2.62. The summed E-state index contributed by atoms with van der Waals surface area (Å²) in [4.78, 5) is 16.8. The quantitative estimate of drug-likeness (QED) is 0.723. The van der Waals surface area contributed by atoms with Crippen LogP contribution >= 0.6 is 0 Å². The van der Waals surface area contributed by atoms with Crippen molar-refractivity contribution in [2.75, 3.05) is 40.0 Å². The third-order valence-electron chi connectivity index (χ3n) is 4.89. The topological polar surface area (TPSA) is 42.0 Å². The molecule has 108 valence electrons. The maximum Gasteiger partial charge on any atom is 0.320 e. The summed E-state index contributed by atoms with van der Waals surface area (Å²) >= 11 is 0. The molecule has 0 radical (unpaired) electrons. The number of morpholine rings is 1. The average molecular weight is 268 g/mol. The standard InChI is InChI=1S/C14H24N2O3/c1-15(12-4-2-3-5-12)13(17)16-7-9-19-11-14(16)6-8-18-10-14/h12H,2-11H2,1H3. The van der Waals surface area contributed by atoms with Crippen molar-refractivity contribution in [1.82, 2.24) is 9.80 Å². The Balaban J connectivity index is 1.72.